The van der Waals surface area contributed by atoms with Gasteiger partial charge in [0.2, 0.25) is 0 Å². The molecule has 0 radical (unpaired) electrons. The highest BCUT2D eigenvalue weighted by Gasteiger charge is 2.28. The highest BCUT2D eigenvalue weighted by Crippen LogP contribution is 2.34. The number of anilines is 1. The molecule has 0 amide bonds. The molecule has 1 aromatic heterocycles. The fourth-order valence-corrected chi connectivity index (χ4v) is 3.24. The molecule has 0 N–H and O–H groups in total. The number of aromatic nitrogens is 1. The van der Waals surface area contributed by atoms with E-state index in [0.717, 1.165) is 49.7 Å². The Kier molecular flexibility index (Phi) is 3.83. The molecule has 1 saturated heterocycles. The standard InChI is InChI=1S/C16H19N3O3/c1-17-13-9-5-4-8-12(13)14(15(16(17)20)19(21)22)18-10-6-2-3-7-11-18/h4-5,8-9H,2-3,6-7,10-11H2,1H3. The molecule has 6 nitrogen and oxygen atoms in total. The van der Waals surface area contributed by atoms with Crippen molar-refractivity contribution < 1.29 is 4.92 Å². The second-order valence-electron chi connectivity index (χ2n) is 5.74. The fourth-order valence-electron chi connectivity index (χ4n) is 3.24. The summed E-state index contributed by atoms with van der Waals surface area (Å²) in [5.41, 5.74) is 0.383. The van der Waals surface area contributed by atoms with E-state index >= 15 is 0 Å². The van der Waals surface area contributed by atoms with Crippen LogP contribution < -0.4 is 10.5 Å². The van der Waals surface area contributed by atoms with Crippen molar-refractivity contribution in [3.63, 3.8) is 0 Å². The second kappa shape index (κ2) is 5.79. The molecule has 0 aliphatic carbocycles. The SMILES string of the molecule is Cn1c(=O)c([N+](=O)[O-])c(N2CCCCCC2)c2ccccc21. The highest BCUT2D eigenvalue weighted by atomic mass is 16.6. The molecule has 2 aromatic rings. The summed E-state index contributed by atoms with van der Waals surface area (Å²) < 4.78 is 1.37. The minimum Gasteiger partial charge on any atom is -0.365 e. The van der Waals surface area contributed by atoms with Crippen LogP contribution in [0.1, 0.15) is 25.7 Å². The number of para-hydroxylation sites is 1. The summed E-state index contributed by atoms with van der Waals surface area (Å²) in [6.45, 7) is 1.52. The largest absolute Gasteiger partial charge is 0.365 e. The first-order valence-corrected chi connectivity index (χ1v) is 7.62. The summed E-state index contributed by atoms with van der Waals surface area (Å²) in [6, 6.07) is 7.40. The Bertz CT molecular complexity index is 774. The Hall–Kier alpha value is -2.37. The molecule has 0 spiro atoms. The molecule has 0 atom stereocenters. The first kappa shape index (κ1) is 14.6. The smallest absolute Gasteiger partial charge is 0.357 e. The van der Waals surface area contributed by atoms with E-state index in [4.69, 9.17) is 0 Å². The van der Waals surface area contributed by atoms with E-state index in [1.807, 2.05) is 29.2 Å². The number of nitro groups is 1. The van der Waals surface area contributed by atoms with Crippen LogP contribution in [0.5, 0.6) is 0 Å². The van der Waals surface area contributed by atoms with E-state index in [9.17, 15) is 14.9 Å². The molecular weight excluding hydrogens is 282 g/mol. The fraction of sp³-hybridized carbons (Fsp3) is 0.438. The van der Waals surface area contributed by atoms with E-state index in [2.05, 4.69) is 0 Å². The van der Waals surface area contributed by atoms with Crippen molar-refractivity contribution in [1.29, 1.82) is 0 Å². The monoisotopic (exact) mass is 301 g/mol. The summed E-state index contributed by atoms with van der Waals surface area (Å²) in [5.74, 6) is 0. The minimum absolute atomic E-state index is 0.303. The van der Waals surface area contributed by atoms with Crippen LogP contribution in [0.25, 0.3) is 10.9 Å². The van der Waals surface area contributed by atoms with E-state index in [-0.39, 0.29) is 5.69 Å². The molecule has 1 aromatic carbocycles. The molecule has 0 saturated carbocycles. The number of hydrogen-bond acceptors (Lipinski definition) is 4. The zero-order valence-electron chi connectivity index (χ0n) is 12.6. The van der Waals surface area contributed by atoms with Gasteiger partial charge in [0.05, 0.1) is 10.4 Å². The van der Waals surface area contributed by atoms with Crippen molar-refractivity contribution in [2.24, 2.45) is 7.05 Å². The minimum atomic E-state index is -0.539. The molecule has 1 fully saturated rings. The maximum atomic E-state index is 12.5. The number of fused-ring (bicyclic) bond motifs is 1. The summed E-state index contributed by atoms with van der Waals surface area (Å²) >= 11 is 0. The van der Waals surface area contributed by atoms with Gasteiger partial charge >= 0.3 is 11.2 Å². The number of hydrogen-bond donors (Lipinski definition) is 0. The quantitative estimate of drug-likeness (QED) is 0.632. The summed E-state index contributed by atoms with van der Waals surface area (Å²) in [4.78, 5) is 25.5. The lowest BCUT2D eigenvalue weighted by Gasteiger charge is -2.24. The number of aryl methyl sites for hydroxylation is 1. The van der Waals surface area contributed by atoms with Crippen LogP contribution in [-0.4, -0.2) is 22.6 Å². The lowest BCUT2D eigenvalue weighted by atomic mass is 10.1. The van der Waals surface area contributed by atoms with Crippen molar-refractivity contribution >= 4 is 22.3 Å². The van der Waals surface area contributed by atoms with Crippen LogP contribution in [0.4, 0.5) is 11.4 Å². The van der Waals surface area contributed by atoms with Gasteiger partial charge in [-0.05, 0) is 18.9 Å². The maximum absolute atomic E-state index is 12.5. The molecule has 116 valence electrons. The summed E-state index contributed by atoms with van der Waals surface area (Å²) in [7, 11) is 1.59. The highest BCUT2D eigenvalue weighted by molar-refractivity contribution is 5.96. The van der Waals surface area contributed by atoms with Crippen molar-refractivity contribution in [2.75, 3.05) is 18.0 Å². The second-order valence-corrected chi connectivity index (χ2v) is 5.74. The molecule has 0 unspecified atom stereocenters. The molecule has 6 heteroatoms. The normalized spacial score (nSPS) is 15.8. The van der Waals surface area contributed by atoms with E-state index in [1.165, 1.54) is 4.57 Å². The van der Waals surface area contributed by atoms with E-state index < -0.39 is 10.5 Å². The van der Waals surface area contributed by atoms with Gasteiger partial charge in [0.1, 0.15) is 5.69 Å². The predicted octanol–water partition coefficient (Wildman–Crippen LogP) is 2.83. The molecule has 2 heterocycles. The van der Waals surface area contributed by atoms with Gasteiger partial charge < -0.3 is 9.47 Å². The Balaban J connectivity index is 2.34. The van der Waals surface area contributed by atoms with Gasteiger partial charge in [-0.1, -0.05) is 31.0 Å². The molecular formula is C16H19N3O3. The Morgan fingerprint density at radius 3 is 2.36 bits per heavy atom. The molecule has 1 aliphatic rings. The van der Waals surface area contributed by atoms with Gasteiger partial charge in [0.25, 0.3) is 0 Å². The van der Waals surface area contributed by atoms with Gasteiger partial charge in [-0.25, -0.2) is 0 Å². The number of nitrogens with zero attached hydrogens (tertiary/aromatic N) is 3. The predicted molar refractivity (Wildman–Crippen MR) is 86.5 cm³/mol. The Morgan fingerprint density at radius 1 is 1.09 bits per heavy atom. The Morgan fingerprint density at radius 2 is 1.73 bits per heavy atom. The number of benzene rings is 1. The average Bonchev–Trinajstić information content (AvgIpc) is 2.79. The number of pyridine rings is 1. The van der Waals surface area contributed by atoms with Crippen LogP contribution in [0.15, 0.2) is 29.1 Å². The third kappa shape index (κ3) is 2.34. The maximum Gasteiger partial charge on any atom is 0.357 e. The van der Waals surface area contributed by atoms with Gasteiger partial charge in [-0.2, -0.15) is 0 Å². The van der Waals surface area contributed by atoms with Crippen LogP contribution in [0.2, 0.25) is 0 Å². The zero-order valence-corrected chi connectivity index (χ0v) is 12.6. The molecule has 22 heavy (non-hydrogen) atoms. The van der Waals surface area contributed by atoms with Crippen LogP contribution >= 0.6 is 0 Å². The first-order chi connectivity index (χ1) is 10.6. The van der Waals surface area contributed by atoms with Crippen LogP contribution in [-0.2, 0) is 7.05 Å². The Labute approximate surface area is 128 Å². The third-order valence-corrected chi connectivity index (χ3v) is 4.36. The van der Waals surface area contributed by atoms with Gasteiger partial charge in [-0.3, -0.25) is 14.9 Å². The topological polar surface area (TPSA) is 68.4 Å². The molecule has 3 rings (SSSR count). The lowest BCUT2D eigenvalue weighted by molar-refractivity contribution is -0.385. The van der Waals surface area contributed by atoms with E-state index in [1.54, 1.807) is 7.05 Å². The van der Waals surface area contributed by atoms with E-state index in [0.29, 0.717) is 5.69 Å². The third-order valence-electron chi connectivity index (χ3n) is 4.36. The summed E-state index contributed by atoms with van der Waals surface area (Å²) in [5, 5.41) is 12.3. The van der Waals surface area contributed by atoms with Crippen molar-refractivity contribution in [3.05, 3.63) is 44.7 Å². The zero-order chi connectivity index (χ0) is 15.7. The summed E-state index contributed by atoms with van der Waals surface area (Å²) in [6.07, 6.45) is 4.27. The van der Waals surface area contributed by atoms with Crippen molar-refractivity contribution in [3.8, 4) is 0 Å². The first-order valence-electron chi connectivity index (χ1n) is 7.62. The van der Waals surface area contributed by atoms with Gasteiger partial charge in [0.15, 0.2) is 0 Å². The van der Waals surface area contributed by atoms with Crippen LogP contribution in [0.3, 0.4) is 0 Å². The van der Waals surface area contributed by atoms with Crippen molar-refractivity contribution in [2.45, 2.75) is 25.7 Å². The van der Waals surface area contributed by atoms with Crippen LogP contribution in [0, 0.1) is 10.1 Å². The number of rotatable bonds is 2. The molecule has 0 bridgehead atoms. The average molecular weight is 301 g/mol. The molecule has 1 aliphatic heterocycles. The van der Waals surface area contributed by atoms with Gasteiger partial charge in [0, 0.05) is 25.5 Å². The lowest BCUT2D eigenvalue weighted by Crippen LogP contribution is -2.30. The van der Waals surface area contributed by atoms with Crippen molar-refractivity contribution in [1.82, 2.24) is 4.57 Å². The van der Waals surface area contributed by atoms with Gasteiger partial charge in [-0.15, -0.1) is 0 Å².